The van der Waals surface area contributed by atoms with Gasteiger partial charge in [-0.15, -0.1) is 22.7 Å². The number of nitrogens with zero attached hydrogens (tertiary/aromatic N) is 6. The Bertz CT molecular complexity index is 6480. The minimum Gasteiger partial charge on any atom is -0.423 e. The minimum absolute atomic E-state index is 0.538. The Hall–Kier alpha value is -11.2. The van der Waals surface area contributed by atoms with Gasteiger partial charge >= 0.3 is 7.12 Å². The third-order valence-corrected chi connectivity index (χ3v) is 21.2. The Kier molecular flexibility index (Phi) is 14.2. The van der Waals surface area contributed by atoms with Crippen molar-refractivity contribution in [2.75, 3.05) is 0 Å². The Balaban J connectivity index is 0.000000117. The van der Waals surface area contributed by atoms with E-state index in [-0.39, 0.29) is 0 Å². The molecule has 0 radical (unpaired) electrons. The van der Waals surface area contributed by atoms with E-state index in [9.17, 15) is 0 Å². The second-order valence-corrected chi connectivity index (χ2v) is 27.1. The van der Waals surface area contributed by atoms with Crippen LogP contribution in [0.3, 0.4) is 0 Å². The van der Waals surface area contributed by atoms with E-state index in [1.165, 1.54) is 78.4 Å². The van der Waals surface area contributed by atoms with Crippen LogP contribution >= 0.6 is 38.6 Å². The number of aromatic nitrogens is 6. The standard InChI is InChI=1S/C42H25N3S.C30H18BrN3.C12H9BO2S/c1-2-11-27(12-3-1)40-33-21-18-26-10-4-5-13-30(26)41(33)44-42(43-40)45-36-16-8-6-14-31(36)34-24-28(19-22-37(34)45)29-20-23-39-35(25-29)32-15-7-9-17-38(32)46-39;31-21-15-17-27-25(18-21)23-12-6-7-13-26(23)34(27)30-32-28(20-9-2-1-3-10-20)24-16-14-19-8-4-5-11-22(19)29(24)33-30;14-13(15)8-5-6-12-10(7-8)9-3-1-2-4-11(9)16-12/h1-25H;1-18H;1-7,14-15H. The molecule has 2 N–H and O–H groups in total. The fourth-order valence-electron chi connectivity index (χ4n) is 13.9. The second-order valence-electron chi connectivity index (χ2n) is 24.0. The van der Waals surface area contributed by atoms with Gasteiger partial charge in [-0.05, 0) is 118 Å². The van der Waals surface area contributed by atoms with E-state index in [1.807, 2.05) is 47.7 Å². The van der Waals surface area contributed by atoms with Crippen LogP contribution in [-0.2, 0) is 0 Å². The molecule has 6 heterocycles. The summed E-state index contributed by atoms with van der Waals surface area (Å²) in [5.41, 5.74) is 13.3. The van der Waals surface area contributed by atoms with Crippen LogP contribution in [0.25, 0.3) is 173 Å². The molecule has 0 aliphatic rings. The normalized spacial score (nSPS) is 11.7. The Morgan fingerprint density at radius 2 is 0.677 bits per heavy atom. The van der Waals surface area contributed by atoms with Gasteiger partial charge in [-0.25, -0.2) is 19.9 Å². The first-order chi connectivity index (χ1) is 47.3. The van der Waals surface area contributed by atoms with Gasteiger partial charge in [-0.1, -0.05) is 234 Å². The van der Waals surface area contributed by atoms with Gasteiger partial charge in [0.05, 0.1) is 44.5 Å². The maximum absolute atomic E-state index is 9.15. The van der Waals surface area contributed by atoms with E-state index in [0.717, 1.165) is 87.0 Å². The maximum Gasteiger partial charge on any atom is 0.488 e. The Morgan fingerprint density at radius 1 is 0.281 bits per heavy atom. The molecule has 0 fully saturated rings. The topological polar surface area (TPSA) is 102 Å². The molecule has 0 spiro atoms. The summed E-state index contributed by atoms with van der Waals surface area (Å²) in [6, 6.07) is 106. The van der Waals surface area contributed by atoms with Crippen LogP contribution in [0.5, 0.6) is 0 Å². The first-order valence-electron chi connectivity index (χ1n) is 31.8. The first-order valence-corrected chi connectivity index (χ1v) is 34.2. The summed E-state index contributed by atoms with van der Waals surface area (Å²) in [5.74, 6) is 1.35. The number of benzene rings is 14. The highest BCUT2D eigenvalue weighted by Gasteiger charge is 2.22. The van der Waals surface area contributed by atoms with Crippen LogP contribution in [-0.4, -0.2) is 46.2 Å². The van der Waals surface area contributed by atoms with E-state index >= 15 is 0 Å². The number of hydrogen-bond donors (Lipinski definition) is 2. The molecule has 20 aromatic rings. The smallest absolute Gasteiger partial charge is 0.423 e. The fraction of sp³-hybridized carbons (Fsp3) is 0. The van der Waals surface area contributed by atoms with Gasteiger partial charge in [0.1, 0.15) is 0 Å². The van der Waals surface area contributed by atoms with E-state index in [0.29, 0.717) is 17.4 Å². The Labute approximate surface area is 566 Å². The van der Waals surface area contributed by atoms with E-state index in [2.05, 4.69) is 286 Å². The number of halogens is 1. The summed E-state index contributed by atoms with van der Waals surface area (Å²) in [6.45, 7) is 0. The molecule has 0 amide bonds. The zero-order valence-electron chi connectivity index (χ0n) is 51.2. The molecule has 96 heavy (non-hydrogen) atoms. The van der Waals surface area contributed by atoms with Gasteiger partial charge < -0.3 is 10.0 Å². The molecule has 12 heteroatoms. The van der Waals surface area contributed by atoms with Crippen LogP contribution in [0.4, 0.5) is 0 Å². The number of rotatable bonds is 6. The monoisotopic (exact) mass is 1330 g/mol. The SMILES string of the molecule is Brc1ccc2c(c1)c1ccccc1n2-c1nc(-c2ccccc2)c2ccc3ccccc3c2n1.OB(O)c1ccc2sc3ccccc3c2c1.c1ccc(-c2nc(-n3c4ccccc4c4cc(-c5ccc6sc7ccccc7c6c5)ccc43)nc3c2ccc2ccccc23)cc1. The highest BCUT2D eigenvalue weighted by Crippen LogP contribution is 2.42. The van der Waals surface area contributed by atoms with Gasteiger partial charge in [-0.3, -0.25) is 9.13 Å². The zero-order chi connectivity index (χ0) is 64.0. The van der Waals surface area contributed by atoms with Gasteiger partial charge in [0.15, 0.2) is 0 Å². The van der Waals surface area contributed by atoms with Crippen molar-refractivity contribution in [3.63, 3.8) is 0 Å². The van der Waals surface area contributed by atoms with Crippen LogP contribution in [0, 0.1) is 0 Å². The van der Waals surface area contributed by atoms with Crippen LogP contribution in [0.1, 0.15) is 0 Å². The molecule has 0 unspecified atom stereocenters. The molecule has 0 saturated carbocycles. The summed E-state index contributed by atoms with van der Waals surface area (Å²) in [6.07, 6.45) is 0. The number of para-hydroxylation sites is 2. The van der Waals surface area contributed by atoms with Gasteiger partial charge in [0, 0.05) is 93.6 Å². The van der Waals surface area contributed by atoms with Crippen molar-refractivity contribution < 1.29 is 10.0 Å². The summed E-state index contributed by atoms with van der Waals surface area (Å²) in [7, 11) is -1.40. The Morgan fingerprint density at radius 3 is 1.21 bits per heavy atom. The van der Waals surface area contributed by atoms with Crippen LogP contribution in [0.2, 0.25) is 0 Å². The summed E-state index contributed by atoms with van der Waals surface area (Å²) < 4.78 is 10.5. The quantitative estimate of drug-likeness (QED) is 0.127. The number of hydrogen-bond acceptors (Lipinski definition) is 8. The molecular weight excluding hydrogens is 1280 g/mol. The van der Waals surface area contributed by atoms with Gasteiger partial charge in [-0.2, -0.15) is 0 Å². The molecule has 0 bridgehead atoms. The van der Waals surface area contributed by atoms with Gasteiger partial charge in [0.2, 0.25) is 11.9 Å². The lowest BCUT2D eigenvalue weighted by atomic mass is 9.80. The van der Waals surface area contributed by atoms with E-state index in [1.54, 1.807) is 17.4 Å². The lowest BCUT2D eigenvalue weighted by Crippen LogP contribution is -2.29. The predicted octanol–water partition coefficient (Wildman–Crippen LogP) is 21.6. The van der Waals surface area contributed by atoms with E-state index in [4.69, 9.17) is 30.0 Å². The molecule has 0 aliphatic carbocycles. The molecule has 452 valence electrons. The first kappa shape index (κ1) is 57.4. The summed E-state index contributed by atoms with van der Waals surface area (Å²) in [4.78, 5) is 21.0. The van der Waals surface area contributed by atoms with Crippen LogP contribution in [0.15, 0.2) is 308 Å². The van der Waals surface area contributed by atoms with Crippen molar-refractivity contribution in [2.24, 2.45) is 0 Å². The molecule has 20 rings (SSSR count). The molecule has 0 saturated heterocycles. The zero-order valence-corrected chi connectivity index (χ0v) is 54.4. The van der Waals surface area contributed by atoms with Crippen molar-refractivity contribution in [3.8, 4) is 45.5 Å². The van der Waals surface area contributed by atoms with Crippen molar-refractivity contribution in [1.29, 1.82) is 0 Å². The molecule has 8 nitrogen and oxygen atoms in total. The molecule has 0 aliphatic heterocycles. The summed E-state index contributed by atoms with van der Waals surface area (Å²) >= 11 is 7.22. The average molecular weight is 1330 g/mol. The molecule has 6 aromatic heterocycles. The molecule has 0 atom stereocenters. The highest BCUT2D eigenvalue weighted by molar-refractivity contribution is 9.10. The number of fused-ring (bicyclic) bond motifs is 18. The summed E-state index contributed by atoms with van der Waals surface area (Å²) in [5, 5.41) is 34.6. The third-order valence-electron chi connectivity index (χ3n) is 18.4. The van der Waals surface area contributed by atoms with Crippen LogP contribution < -0.4 is 5.46 Å². The maximum atomic E-state index is 9.15. The molecular formula is C84H52BBrN6O2S2. The van der Waals surface area contributed by atoms with Crippen molar-refractivity contribution in [3.05, 3.63) is 308 Å². The van der Waals surface area contributed by atoms with Crippen molar-refractivity contribution in [2.45, 2.75) is 0 Å². The predicted molar refractivity (Wildman–Crippen MR) is 409 cm³/mol. The third kappa shape index (κ3) is 9.88. The lowest BCUT2D eigenvalue weighted by molar-refractivity contribution is 0.426. The van der Waals surface area contributed by atoms with E-state index < -0.39 is 7.12 Å². The van der Waals surface area contributed by atoms with Crippen molar-refractivity contribution in [1.82, 2.24) is 29.1 Å². The van der Waals surface area contributed by atoms with Gasteiger partial charge in [0.25, 0.3) is 0 Å². The minimum atomic E-state index is -1.40. The lowest BCUT2D eigenvalue weighted by Gasteiger charge is -2.13. The average Bonchev–Trinajstić information content (AvgIpc) is 1.48. The second kappa shape index (κ2) is 23.7. The highest BCUT2D eigenvalue weighted by atomic mass is 79.9. The number of thiophene rings is 2. The largest absolute Gasteiger partial charge is 0.488 e. The fourth-order valence-corrected chi connectivity index (χ4v) is 16.4. The molecule has 14 aromatic carbocycles. The van der Waals surface area contributed by atoms with Crippen molar-refractivity contribution >= 4 is 178 Å².